The van der Waals surface area contributed by atoms with E-state index in [0.29, 0.717) is 12.0 Å². The molecule has 0 heterocycles. The summed E-state index contributed by atoms with van der Waals surface area (Å²) >= 11 is 0. The van der Waals surface area contributed by atoms with Crippen molar-refractivity contribution in [1.29, 1.82) is 0 Å². The highest BCUT2D eigenvalue weighted by Gasteiger charge is 2.32. The predicted octanol–water partition coefficient (Wildman–Crippen LogP) is 2.85. The Balaban J connectivity index is 1.80. The van der Waals surface area contributed by atoms with Crippen molar-refractivity contribution in [2.24, 2.45) is 11.7 Å². The van der Waals surface area contributed by atoms with Crippen LogP contribution in [0.25, 0.3) is 0 Å². The monoisotopic (exact) mass is 246 g/mol. The van der Waals surface area contributed by atoms with Gasteiger partial charge in [0, 0.05) is 12.6 Å². The maximum absolute atomic E-state index is 5.89. The normalized spacial score (nSPS) is 18.9. The molecule has 0 spiro atoms. The maximum atomic E-state index is 5.89. The lowest BCUT2D eigenvalue weighted by Gasteiger charge is -2.28. The molecular formula is C16H26N2. The average Bonchev–Trinajstić information content (AvgIpc) is 3.22. The summed E-state index contributed by atoms with van der Waals surface area (Å²) in [5.41, 5.74) is 7.34. The van der Waals surface area contributed by atoms with Crippen LogP contribution in [0, 0.1) is 5.92 Å². The van der Waals surface area contributed by atoms with E-state index >= 15 is 0 Å². The smallest absolute Gasteiger partial charge is 0.0243 e. The van der Waals surface area contributed by atoms with Crippen LogP contribution in [0.3, 0.4) is 0 Å². The molecule has 2 nitrogen and oxygen atoms in total. The van der Waals surface area contributed by atoms with Gasteiger partial charge >= 0.3 is 0 Å². The van der Waals surface area contributed by atoms with E-state index < -0.39 is 0 Å². The number of nitrogens with two attached hydrogens (primary N) is 1. The number of nitrogens with zero attached hydrogens (tertiary/aromatic N) is 1. The molecule has 0 aliphatic heterocycles. The van der Waals surface area contributed by atoms with Gasteiger partial charge in [-0.2, -0.15) is 0 Å². The van der Waals surface area contributed by atoms with Gasteiger partial charge in [0.1, 0.15) is 0 Å². The van der Waals surface area contributed by atoms with Gasteiger partial charge in [0.05, 0.1) is 0 Å². The van der Waals surface area contributed by atoms with E-state index in [1.54, 1.807) is 0 Å². The lowest BCUT2D eigenvalue weighted by molar-refractivity contribution is 0.217. The third-order valence-electron chi connectivity index (χ3n) is 4.26. The summed E-state index contributed by atoms with van der Waals surface area (Å²) < 4.78 is 0. The summed E-state index contributed by atoms with van der Waals surface area (Å²) in [5, 5.41) is 0. The number of hydrogen-bond donors (Lipinski definition) is 1. The van der Waals surface area contributed by atoms with E-state index in [1.807, 2.05) is 0 Å². The van der Waals surface area contributed by atoms with Crippen molar-refractivity contribution in [3.63, 3.8) is 0 Å². The van der Waals surface area contributed by atoms with Gasteiger partial charge in [-0.1, -0.05) is 37.3 Å². The predicted molar refractivity (Wildman–Crippen MR) is 77.7 cm³/mol. The third-order valence-corrected chi connectivity index (χ3v) is 4.26. The number of hydrogen-bond acceptors (Lipinski definition) is 2. The second-order valence-electron chi connectivity index (χ2n) is 5.72. The van der Waals surface area contributed by atoms with Gasteiger partial charge in [-0.15, -0.1) is 0 Å². The number of benzene rings is 1. The molecule has 0 amide bonds. The van der Waals surface area contributed by atoms with Crippen LogP contribution in [-0.4, -0.2) is 31.1 Å². The highest BCUT2D eigenvalue weighted by atomic mass is 15.1. The molecule has 1 aliphatic carbocycles. The summed E-state index contributed by atoms with van der Waals surface area (Å²) in [6.07, 6.45) is 3.96. The van der Waals surface area contributed by atoms with Crippen molar-refractivity contribution in [3.05, 3.63) is 35.9 Å². The van der Waals surface area contributed by atoms with Crippen molar-refractivity contribution in [1.82, 2.24) is 4.90 Å². The second-order valence-corrected chi connectivity index (χ2v) is 5.72. The van der Waals surface area contributed by atoms with Crippen LogP contribution in [0.15, 0.2) is 30.3 Å². The average molecular weight is 246 g/mol. The molecule has 1 saturated carbocycles. The highest BCUT2D eigenvalue weighted by molar-refractivity contribution is 5.18. The zero-order chi connectivity index (χ0) is 13.0. The Kier molecular flexibility index (Phi) is 4.79. The highest BCUT2D eigenvalue weighted by Crippen LogP contribution is 2.34. The Morgan fingerprint density at radius 1 is 1.28 bits per heavy atom. The van der Waals surface area contributed by atoms with Crippen molar-refractivity contribution in [3.8, 4) is 0 Å². The molecule has 0 saturated heterocycles. The van der Waals surface area contributed by atoms with Crippen molar-refractivity contribution in [2.75, 3.05) is 20.1 Å². The molecule has 2 unspecified atom stereocenters. The van der Waals surface area contributed by atoms with E-state index in [4.69, 9.17) is 5.73 Å². The summed E-state index contributed by atoms with van der Waals surface area (Å²) in [6, 6.07) is 11.4. The molecule has 2 N–H and O–H groups in total. The van der Waals surface area contributed by atoms with Gasteiger partial charge in [0.2, 0.25) is 0 Å². The minimum Gasteiger partial charge on any atom is -0.329 e. The fourth-order valence-corrected chi connectivity index (χ4v) is 2.72. The lowest BCUT2D eigenvalue weighted by Crippen LogP contribution is -2.40. The van der Waals surface area contributed by atoms with Crippen LogP contribution < -0.4 is 5.73 Å². The second kappa shape index (κ2) is 6.35. The first-order chi connectivity index (χ1) is 8.72. The molecule has 1 aromatic rings. The fourth-order valence-electron chi connectivity index (χ4n) is 2.72. The first kappa shape index (κ1) is 13.6. The molecule has 2 heteroatoms. The van der Waals surface area contributed by atoms with Crippen LogP contribution in [0.1, 0.15) is 37.7 Å². The molecule has 1 fully saturated rings. The minimum atomic E-state index is 0.605. The summed E-state index contributed by atoms with van der Waals surface area (Å²) in [7, 11) is 2.23. The zero-order valence-corrected chi connectivity index (χ0v) is 11.7. The van der Waals surface area contributed by atoms with Crippen LogP contribution in [0.2, 0.25) is 0 Å². The largest absolute Gasteiger partial charge is 0.329 e. The Labute approximate surface area is 111 Å². The molecule has 0 bridgehead atoms. The molecule has 2 atom stereocenters. The molecule has 1 aromatic carbocycles. The molecule has 18 heavy (non-hydrogen) atoms. The molecule has 0 aromatic heterocycles. The van der Waals surface area contributed by atoms with E-state index in [1.165, 1.54) is 24.8 Å². The Hall–Kier alpha value is -0.860. The molecule has 2 rings (SSSR count). The number of likely N-dealkylation sites (N-methyl/N-ethyl adjacent to an activating group) is 1. The molecule has 1 aliphatic rings. The maximum Gasteiger partial charge on any atom is 0.0243 e. The van der Waals surface area contributed by atoms with Crippen molar-refractivity contribution in [2.45, 2.75) is 38.1 Å². The minimum absolute atomic E-state index is 0.605. The van der Waals surface area contributed by atoms with Crippen LogP contribution in [-0.2, 0) is 0 Å². The van der Waals surface area contributed by atoms with E-state index in [9.17, 15) is 0 Å². The van der Waals surface area contributed by atoms with E-state index in [-0.39, 0.29) is 0 Å². The molecular weight excluding hydrogens is 220 g/mol. The van der Waals surface area contributed by atoms with Gasteiger partial charge < -0.3 is 10.6 Å². The fraction of sp³-hybridized carbons (Fsp3) is 0.625. The topological polar surface area (TPSA) is 29.3 Å². The van der Waals surface area contributed by atoms with Crippen LogP contribution in [0.4, 0.5) is 0 Å². The summed E-state index contributed by atoms with van der Waals surface area (Å²) in [6.45, 7) is 4.27. The number of rotatable bonds is 7. The first-order valence-corrected chi connectivity index (χ1v) is 7.17. The quantitative estimate of drug-likeness (QED) is 0.801. The van der Waals surface area contributed by atoms with Gasteiger partial charge in [-0.3, -0.25) is 0 Å². The molecule has 100 valence electrons. The van der Waals surface area contributed by atoms with Crippen molar-refractivity contribution >= 4 is 0 Å². The van der Waals surface area contributed by atoms with Crippen LogP contribution >= 0.6 is 0 Å². The molecule has 0 radical (unpaired) electrons. The third kappa shape index (κ3) is 3.56. The van der Waals surface area contributed by atoms with Gasteiger partial charge in [-0.05, 0) is 50.3 Å². The SMILES string of the molecule is CC(CCN(C)C(CN)C1CC1)c1ccccc1. The summed E-state index contributed by atoms with van der Waals surface area (Å²) in [4.78, 5) is 2.47. The van der Waals surface area contributed by atoms with E-state index in [0.717, 1.165) is 19.0 Å². The first-order valence-electron chi connectivity index (χ1n) is 7.17. The van der Waals surface area contributed by atoms with E-state index in [2.05, 4.69) is 49.2 Å². The zero-order valence-electron chi connectivity index (χ0n) is 11.7. The van der Waals surface area contributed by atoms with Crippen molar-refractivity contribution < 1.29 is 0 Å². The van der Waals surface area contributed by atoms with Gasteiger partial charge in [0.25, 0.3) is 0 Å². The lowest BCUT2D eigenvalue weighted by atomic mass is 9.97. The van der Waals surface area contributed by atoms with Crippen LogP contribution in [0.5, 0.6) is 0 Å². The Morgan fingerprint density at radius 3 is 2.50 bits per heavy atom. The standard InChI is InChI=1S/C16H26N2/c1-13(14-6-4-3-5-7-14)10-11-18(2)16(12-17)15-8-9-15/h3-7,13,15-16H,8-12,17H2,1-2H3. The van der Waals surface area contributed by atoms with Gasteiger partial charge in [0.15, 0.2) is 0 Å². The Bertz CT molecular complexity index is 345. The Morgan fingerprint density at radius 2 is 1.94 bits per heavy atom. The van der Waals surface area contributed by atoms with Gasteiger partial charge in [-0.25, -0.2) is 0 Å². The summed E-state index contributed by atoms with van der Waals surface area (Å²) in [5.74, 6) is 1.50.